The number of nitrogens with two attached hydrogens (primary N) is 1. The van der Waals surface area contributed by atoms with E-state index < -0.39 is 11.0 Å². The number of nitrogens with zero attached hydrogens (tertiary/aromatic N) is 1. The highest BCUT2D eigenvalue weighted by atomic mass is 32.1. The van der Waals surface area contributed by atoms with Crippen LogP contribution in [0.25, 0.3) is 0 Å². The summed E-state index contributed by atoms with van der Waals surface area (Å²) < 4.78 is 0. The van der Waals surface area contributed by atoms with E-state index in [0.29, 0.717) is 25.9 Å². The first kappa shape index (κ1) is 13.3. The molecule has 1 saturated heterocycles. The summed E-state index contributed by atoms with van der Waals surface area (Å²) in [5.74, 6) is -0.208. The number of thiocarbonyl (C=S) groups is 1. The second-order valence-corrected chi connectivity index (χ2v) is 6.01. The van der Waals surface area contributed by atoms with Crippen LogP contribution >= 0.6 is 12.2 Å². The number of carbonyl (C=O) groups is 2. The Bertz CT molecular complexity index is 416. The Morgan fingerprint density at radius 3 is 2.50 bits per heavy atom. The standard InChI is InChI=1S/C12H19N3O2S/c1-11(2)9(16)14-6-7-15(11)10(17)12(8(13)18)4-3-5-12/h3-7H2,1-2H3,(H2,13,18)(H,14,16). The molecule has 1 aliphatic heterocycles. The molecule has 18 heavy (non-hydrogen) atoms. The van der Waals surface area contributed by atoms with Crippen molar-refractivity contribution in [1.82, 2.24) is 10.2 Å². The quantitative estimate of drug-likeness (QED) is 0.701. The summed E-state index contributed by atoms with van der Waals surface area (Å²) in [7, 11) is 0. The van der Waals surface area contributed by atoms with Crippen molar-refractivity contribution in [2.45, 2.75) is 38.6 Å². The molecule has 0 unspecified atom stereocenters. The Morgan fingerprint density at radius 1 is 1.44 bits per heavy atom. The molecule has 0 radical (unpaired) electrons. The lowest BCUT2D eigenvalue weighted by molar-refractivity contribution is -0.156. The monoisotopic (exact) mass is 269 g/mol. The van der Waals surface area contributed by atoms with E-state index >= 15 is 0 Å². The van der Waals surface area contributed by atoms with Gasteiger partial charge in [-0.15, -0.1) is 0 Å². The molecule has 2 aliphatic rings. The van der Waals surface area contributed by atoms with Gasteiger partial charge < -0.3 is 16.0 Å². The molecule has 1 heterocycles. The highest BCUT2D eigenvalue weighted by molar-refractivity contribution is 7.80. The minimum Gasteiger partial charge on any atom is -0.392 e. The van der Waals surface area contributed by atoms with Crippen LogP contribution in [-0.2, 0) is 9.59 Å². The van der Waals surface area contributed by atoms with Crippen LogP contribution in [0.5, 0.6) is 0 Å². The zero-order chi connectivity index (χ0) is 13.6. The molecular weight excluding hydrogens is 250 g/mol. The summed E-state index contributed by atoms with van der Waals surface area (Å²) in [5.41, 5.74) is 4.21. The van der Waals surface area contributed by atoms with Gasteiger partial charge in [0.15, 0.2) is 0 Å². The third-order valence-corrected chi connectivity index (χ3v) is 4.58. The maximum Gasteiger partial charge on any atom is 0.245 e. The molecule has 5 nitrogen and oxygen atoms in total. The number of hydrogen-bond acceptors (Lipinski definition) is 3. The van der Waals surface area contributed by atoms with Crippen molar-refractivity contribution < 1.29 is 9.59 Å². The van der Waals surface area contributed by atoms with Crippen molar-refractivity contribution in [2.75, 3.05) is 13.1 Å². The van der Waals surface area contributed by atoms with E-state index in [0.717, 1.165) is 6.42 Å². The number of carbonyl (C=O) groups excluding carboxylic acids is 2. The normalized spacial score (nSPS) is 25.0. The summed E-state index contributed by atoms with van der Waals surface area (Å²) in [6.45, 7) is 4.51. The zero-order valence-electron chi connectivity index (χ0n) is 10.8. The van der Waals surface area contributed by atoms with Gasteiger partial charge in [-0.3, -0.25) is 9.59 Å². The number of nitrogens with one attached hydrogen (secondary N) is 1. The first-order valence-corrected chi connectivity index (χ1v) is 6.63. The van der Waals surface area contributed by atoms with Crippen molar-refractivity contribution in [3.63, 3.8) is 0 Å². The van der Waals surface area contributed by atoms with Crippen LogP contribution in [0, 0.1) is 5.41 Å². The molecule has 2 rings (SSSR count). The van der Waals surface area contributed by atoms with Gasteiger partial charge in [0.2, 0.25) is 11.8 Å². The molecular formula is C12H19N3O2S. The predicted molar refractivity (Wildman–Crippen MR) is 71.9 cm³/mol. The van der Waals surface area contributed by atoms with Gasteiger partial charge in [-0.1, -0.05) is 18.6 Å². The largest absolute Gasteiger partial charge is 0.392 e. The summed E-state index contributed by atoms with van der Waals surface area (Å²) in [5, 5.41) is 2.78. The van der Waals surface area contributed by atoms with Crippen LogP contribution in [-0.4, -0.2) is 40.3 Å². The molecule has 3 N–H and O–H groups in total. The Labute approximate surface area is 112 Å². The Hall–Kier alpha value is -1.17. The fourth-order valence-electron chi connectivity index (χ4n) is 2.61. The summed E-state index contributed by atoms with van der Waals surface area (Å²) in [6.07, 6.45) is 2.37. The third-order valence-electron chi connectivity index (χ3n) is 4.18. The van der Waals surface area contributed by atoms with Crippen molar-refractivity contribution >= 4 is 29.0 Å². The van der Waals surface area contributed by atoms with E-state index in [9.17, 15) is 9.59 Å². The lowest BCUT2D eigenvalue weighted by Crippen LogP contribution is -2.67. The van der Waals surface area contributed by atoms with Gasteiger partial charge in [0.05, 0.1) is 10.4 Å². The average Bonchev–Trinajstić information content (AvgIpc) is 2.19. The number of hydrogen-bond donors (Lipinski definition) is 2. The topological polar surface area (TPSA) is 75.4 Å². The molecule has 0 atom stereocenters. The molecule has 2 fully saturated rings. The van der Waals surface area contributed by atoms with Gasteiger partial charge in [0.25, 0.3) is 0 Å². The van der Waals surface area contributed by atoms with Gasteiger partial charge in [-0.25, -0.2) is 0 Å². The van der Waals surface area contributed by atoms with Gasteiger partial charge in [-0.05, 0) is 26.7 Å². The SMILES string of the molecule is CC1(C)C(=O)NCCN1C(=O)C1(C(N)=S)CCC1. The first-order chi connectivity index (χ1) is 8.32. The lowest BCUT2D eigenvalue weighted by atomic mass is 9.67. The van der Waals surface area contributed by atoms with Crippen molar-refractivity contribution in [1.29, 1.82) is 0 Å². The van der Waals surface area contributed by atoms with E-state index in [2.05, 4.69) is 5.32 Å². The maximum absolute atomic E-state index is 12.7. The molecule has 0 aromatic carbocycles. The van der Waals surface area contributed by atoms with Crippen LogP contribution in [0.3, 0.4) is 0 Å². The van der Waals surface area contributed by atoms with Crippen LogP contribution in [0.15, 0.2) is 0 Å². The maximum atomic E-state index is 12.7. The van der Waals surface area contributed by atoms with Crippen LogP contribution in [0.1, 0.15) is 33.1 Å². The molecule has 1 aliphatic carbocycles. The number of piperazine rings is 1. The van der Waals surface area contributed by atoms with Gasteiger partial charge >= 0.3 is 0 Å². The molecule has 0 aromatic heterocycles. The van der Waals surface area contributed by atoms with Crippen LogP contribution < -0.4 is 11.1 Å². The fourth-order valence-corrected chi connectivity index (χ4v) is 2.90. The third kappa shape index (κ3) is 1.70. The van der Waals surface area contributed by atoms with Crippen molar-refractivity contribution in [3.8, 4) is 0 Å². The second kappa shape index (κ2) is 4.19. The van der Waals surface area contributed by atoms with E-state index in [1.54, 1.807) is 18.7 Å². The molecule has 6 heteroatoms. The van der Waals surface area contributed by atoms with Crippen LogP contribution in [0.2, 0.25) is 0 Å². The fraction of sp³-hybridized carbons (Fsp3) is 0.750. The molecule has 100 valence electrons. The molecule has 0 aromatic rings. The van der Waals surface area contributed by atoms with E-state index in [-0.39, 0.29) is 16.8 Å². The Morgan fingerprint density at radius 2 is 2.06 bits per heavy atom. The highest BCUT2D eigenvalue weighted by Crippen LogP contribution is 2.44. The first-order valence-electron chi connectivity index (χ1n) is 6.23. The minimum absolute atomic E-state index is 0.0823. The minimum atomic E-state index is -0.831. The predicted octanol–water partition coefficient (Wildman–Crippen LogP) is 0.180. The second-order valence-electron chi connectivity index (χ2n) is 5.57. The number of rotatable bonds is 2. The van der Waals surface area contributed by atoms with Crippen molar-refractivity contribution in [2.24, 2.45) is 11.1 Å². The smallest absolute Gasteiger partial charge is 0.245 e. The zero-order valence-corrected chi connectivity index (χ0v) is 11.6. The lowest BCUT2D eigenvalue weighted by Gasteiger charge is -2.48. The average molecular weight is 269 g/mol. The summed E-state index contributed by atoms with van der Waals surface area (Å²) in [6, 6.07) is 0. The Balaban J connectivity index is 2.28. The summed E-state index contributed by atoms with van der Waals surface area (Å²) in [4.78, 5) is 26.4. The van der Waals surface area contributed by atoms with Gasteiger partial charge in [-0.2, -0.15) is 0 Å². The highest BCUT2D eigenvalue weighted by Gasteiger charge is 2.53. The molecule has 1 saturated carbocycles. The van der Waals surface area contributed by atoms with E-state index in [1.807, 2.05) is 0 Å². The Kier molecular flexibility index (Phi) is 3.09. The molecule has 0 bridgehead atoms. The van der Waals surface area contributed by atoms with Gasteiger partial charge in [0, 0.05) is 13.1 Å². The van der Waals surface area contributed by atoms with Crippen molar-refractivity contribution in [3.05, 3.63) is 0 Å². The molecule has 0 spiro atoms. The summed E-state index contributed by atoms with van der Waals surface area (Å²) >= 11 is 5.06. The van der Waals surface area contributed by atoms with E-state index in [1.165, 1.54) is 0 Å². The van der Waals surface area contributed by atoms with Gasteiger partial charge in [0.1, 0.15) is 5.54 Å². The van der Waals surface area contributed by atoms with Crippen LogP contribution in [0.4, 0.5) is 0 Å². The van der Waals surface area contributed by atoms with E-state index in [4.69, 9.17) is 18.0 Å². The molecule has 2 amide bonds. The number of amides is 2.